The molecular formula is C9H18N2O2. The molecule has 0 aromatic heterocycles. The first-order valence-electron chi connectivity index (χ1n) is 4.21. The summed E-state index contributed by atoms with van der Waals surface area (Å²) in [6.45, 7) is 7.20. The quantitative estimate of drug-likeness (QED) is 0.511. The fraction of sp³-hybridized carbons (Fsp3) is 0.667. The van der Waals surface area contributed by atoms with Crippen molar-refractivity contribution in [2.24, 2.45) is 0 Å². The summed E-state index contributed by atoms with van der Waals surface area (Å²) in [5, 5.41) is 2.69. The molecule has 2 amide bonds. The lowest BCUT2D eigenvalue weighted by molar-refractivity contribution is 0.155. The first-order chi connectivity index (χ1) is 6.04. The van der Waals surface area contributed by atoms with Gasteiger partial charge in [-0.05, 0) is 6.92 Å². The second-order valence-electron chi connectivity index (χ2n) is 3.14. The molecule has 0 aliphatic rings. The van der Waals surface area contributed by atoms with Crippen LogP contribution in [0.15, 0.2) is 12.2 Å². The minimum Gasteiger partial charge on any atom is -0.375 e. The molecule has 0 radical (unpaired) electrons. The van der Waals surface area contributed by atoms with Crippen molar-refractivity contribution in [3.05, 3.63) is 12.2 Å². The number of ether oxygens (including phenoxy) is 1. The Bertz CT molecular complexity index is 178. The first-order valence-corrected chi connectivity index (χ1v) is 4.21. The summed E-state index contributed by atoms with van der Waals surface area (Å²) in [6.07, 6.45) is 0. The van der Waals surface area contributed by atoms with Crippen molar-refractivity contribution < 1.29 is 9.53 Å². The van der Waals surface area contributed by atoms with Crippen LogP contribution >= 0.6 is 0 Å². The average molecular weight is 186 g/mol. The Balaban J connectivity index is 3.26. The van der Waals surface area contributed by atoms with Crippen LogP contribution in [0.3, 0.4) is 0 Å². The van der Waals surface area contributed by atoms with Gasteiger partial charge in [0.25, 0.3) is 0 Å². The molecule has 0 saturated carbocycles. The summed E-state index contributed by atoms with van der Waals surface area (Å²) in [5.41, 5.74) is 0.985. The number of hydrogen-bond acceptors (Lipinski definition) is 2. The zero-order valence-electron chi connectivity index (χ0n) is 8.59. The summed E-state index contributed by atoms with van der Waals surface area (Å²) in [7, 11) is 3.40. The van der Waals surface area contributed by atoms with E-state index in [9.17, 15) is 4.79 Å². The van der Waals surface area contributed by atoms with Crippen molar-refractivity contribution in [2.75, 3.05) is 33.9 Å². The highest BCUT2D eigenvalue weighted by Gasteiger charge is 2.00. The second kappa shape index (κ2) is 6.48. The van der Waals surface area contributed by atoms with Gasteiger partial charge in [0.05, 0.1) is 13.2 Å². The van der Waals surface area contributed by atoms with E-state index in [4.69, 9.17) is 4.74 Å². The highest BCUT2D eigenvalue weighted by Crippen LogP contribution is 1.86. The summed E-state index contributed by atoms with van der Waals surface area (Å²) in [5.74, 6) is 0. The van der Waals surface area contributed by atoms with Crippen LogP contribution in [-0.4, -0.2) is 44.8 Å². The molecule has 0 heterocycles. The first kappa shape index (κ1) is 12.0. The van der Waals surface area contributed by atoms with Gasteiger partial charge in [0, 0.05) is 20.6 Å². The summed E-state index contributed by atoms with van der Waals surface area (Å²) < 4.78 is 5.19. The van der Waals surface area contributed by atoms with Crippen molar-refractivity contribution in [1.82, 2.24) is 10.2 Å². The van der Waals surface area contributed by atoms with Gasteiger partial charge in [0.15, 0.2) is 0 Å². The molecule has 0 atom stereocenters. The second-order valence-corrected chi connectivity index (χ2v) is 3.14. The molecule has 0 fully saturated rings. The fourth-order valence-corrected chi connectivity index (χ4v) is 0.635. The molecular weight excluding hydrogens is 168 g/mol. The van der Waals surface area contributed by atoms with E-state index in [0.717, 1.165) is 5.57 Å². The van der Waals surface area contributed by atoms with Gasteiger partial charge in [-0.1, -0.05) is 12.2 Å². The molecule has 0 aliphatic heterocycles. The SMILES string of the molecule is C=C(C)COCCNC(=O)N(C)C. The molecule has 1 N–H and O–H groups in total. The third-order valence-electron chi connectivity index (χ3n) is 1.28. The van der Waals surface area contributed by atoms with E-state index >= 15 is 0 Å². The zero-order chi connectivity index (χ0) is 10.3. The van der Waals surface area contributed by atoms with Crippen LogP contribution in [0.1, 0.15) is 6.92 Å². The Kier molecular flexibility index (Phi) is 5.97. The third-order valence-corrected chi connectivity index (χ3v) is 1.28. The van der Waals surface area contributed by atoms with Gasteiger partial charge in [-0.2, -0.15) is 0 Å². The van der Waals surface area contributed by atoms with Gasteiger partial charge in [0.1, 0.15) is 0 Å². The number of rotatable bonds is 5. The molecule has 0 bridgehead atoms. The minimum atomic E-state index is -0.0982. The van der Waals surface area contributed by atoms with Crippen molar-refractivity contribution in [3.8, 4) is 0 Å². The van der Waals surface area contributed by atoms with Gasteiger partial charge in [-0.25, -0.2) is 4.79 Å². The Hall–Kier alpha value is -1.03. The van der Waals surface area contributed by atoms with Crippen LogP contribution in [-0.2, 0) is 4.74 Å². The van der Waals surface area contributed by atoms with Gasteiger partial charge in [0.2, 0.25) is 0 Å². The minimum absolute atomic E-state index is 0.0982. The van der Waals surface area contributed by atoms with E-state index in [0.29, 0.717) is 19.8 Å². The lowest BCUT2D eigenvalue weighted by Gasteiger charge is -2.11. The molecule has 0 saturated heterocycles. The average Bonchev–Trinajstić information content (AvgIpc) is 2.02. The predicted molar refractivity (Wildman–Crippen MR) is 52.7 cm³/mol. The Labute approximate surface area is 79.6 Å². The van der Waals surface area contributed by atoms with Crippen LogP contribution in [0.5, 0.6) is 0 Å². The van der Waals surface area contributed by atoms with Crippen LogP contribution in [0.2, 0.25) is 0 Å². The topological polar surface area (TPSA) is 41.6 Å². The molecule has 76 valence electrons. The van der Waals surface area contributed by atoms with Crippen molar-refractivity contribution >= 4 is 6.03 Å². The Morgan fingerprint density at radius 3 is 2.62 bits per heavy atom. The maximum Gasteiger partial charge on any atom is 0.316 e. The van der Waals surface area contributed by atoms with E-state index in [1.165, 1.54) is 4.90 Å². The summed E-state index contributed by atoms with van der Waals surface area (Å²) in [4.78, 5) is 12.5. The van der Waals surface area contributed by atoms with E-state index in [-0.39, 0.29) is 6.03 Å². The van der Waals surface area contributed by atoms with Gasteiger partial charge in [-0.3, -0.25) is 0 Å². The number of urea groups is 1. The lowest BCUT2D eigenvalue weighted by Crippen LogP contribution is -2.36. The highest BCUT2D eigenvalue weighted by molar-refractivity contribution is 5.73. The number of nitrogens with one attached hydrogen (secondary N) is 1. The van der Waals surface area contributed by atoms with E-state index in [1.807, 2.05) is 6.92 Å². The van der Waals surface area contributed by atoms with Crippen LogP contribution < -0.4 is 5.32 Å². The highest BCUT2D eigenvalue weighted by atomic mass is 16.5. The predicted octanol–water partition coefficient (Wildman–Crippen LogP) is 0.850. The zero-order valence-corrected chi connectivity index (χ0v) is 8.59. The van der Waals surface area contributed by atoms with Gasteiger partial charge >= 0.3 is 6.03 Å². The Morgan fingerprint density at radius 2 is 2.15 bits per heavy atom. The molecule has 0 aromatic carbocycles. The number of hydrogen-bond donors (Lipinski definition) is 1. The van der Waals surface area contributed by atoms with Crippen LogP contribution in [0.25, 0.3) is 0 Å². The Morgan fingerprint density at radius 1 is 1.54 bits per heavy atom. The van der Waals surface area contributed by atoms with Gasteiger partial charge < -0.3 is 15.0 Å². The van der Waals surface area contributed by atoms with E-state index in [2.05, 4.69) is 11.9 Å². The summed E-state index contributed by atoms with van der Waals surface area (Å²) in [6, 6.07) is -0.0982. The fourth-order valence-electron chi connectivity index (χ4n) is 0.635. The maximum atomic E-state index is 11.0. The largest absolute Gasteiger partial charge is 0.375 e. The van der Waals surface area contributed by atoms with E-state index in [1.54, 1.807) is 14.1 Å². The number of nitrogens with zero attached hydrogens (tertiary/aromatic N) is 1. The smallest absolute Gasteiger partial charge is 0.316 e. The third kappa shape index (κ3) is 7.33. The molecule has 4 nitrogen and oxygen atoms in total. The number of carbonyl (C=O) groups excluding carboxylic acids is 1. The van der Waals surface area contributed by atoms with Gasteiger partial charge in [-0.15, -0.1) is 0 Å². The van der Waals surface area contributed by atoms with Crippen LogP contribution in [0, 0.1) is 0 Å². The molecule has 13 heavy (non-hydrogen) atoms. The molecule has 0 unspecified atom stereocenters. The van der Waals surface area contributed by atoms with Crippen molar-refractivity contribution in [3.63, 3.8) is 0 Å². The normalized spacial score (nSPS) is 9.46. The van der Waals surface area contributed by atoms with E-state index < -0.39 is 0 Å². The van der Waals surface area contributed by atoms with Crippen molar-refractivity contribution in [1.29, 1.82) is 0 Å². The molecule has 4 heteroatoms. The van der Waals surface area contributed by atoms with Crippen molar-refractivity contribution in [2.45, 2.75) is 6.92 Å². The molecule has 0 aliphatic carbocycles. The summed E-state index contributed by atoms with van der Waals surface area (Å²) >= 11 is 0. The number of amides is 2. The molecule has 0 aromatic rings. The lowest BCUT2D eigenvalue weighted by atomic mass is 10.4. The molecule has 0 rings (SSSR count). The maximum absolute atomic E-state index is 11.0. The number of carbonyl (C=O) groups is 1. The monoisotopic (exact) mass is 186 g/mol. The molecule has 0 spiro atoms. The standard InChI is InChI=1S/C9H18N2O2/c1-8(2)7-13-6-5-10-9(12)11(3)4/h1,5-7H2,2-4H3,(H,10,12). The van der Waals surface area contributed by atoms with Crippen LogP contribution in [0.4, 0.5) is 4.79 Å².